The number of hydrogen-bond acceptors (Lipinski definition) is 5. The lowest BCUT2D eigenvalue weighted by atomic mass is 10.2. The lowest BCUT2D eigenvalue weighted by Gasteiger charge is -1.97. The summed E-state index contributed by atoms with van der Waals surface area (Å²) in [6.45, 7) is 1.42. The molecule has 1 atom stereocenters. The number of rotatable bonds is 3. The average Bonchev–Trinajstić information content (AvgIpc) is 2.35. The van der Waals surface area contributed by atoms with E-state index in [1.165, 1.54) is 11.7 Å². The Hall–Kier alpha value is -1.30. The summed E-state index contributed by atoms with van der Waals surface area (Å²) in [5.41, 5.74) is 0. The topological polar surface area (TPSA) is 80.9 Å². The van der Waals surface area contributed by atoms with Gasteiger partial charge in [0, 0.05) is 0 Å². The summed E-state index contributed by atoms with van der Waals surface area (Å²) in [6, 6.07) is 0. The van der Waals surface area contributed by atoms with Crippen molar-refractivity contribution < 1.29 is 9.90 Å². The minimum atomic E-state index is -0.964. The van der Waals surface area contributed by atoms with Crippen LogP contribution < -0.4 is 0 Å². The van der Waals surface area contributed by atoms with E-state index in [0.29, 0.717) is 5.82 Å². The van der Waals surface area contributed by atoms with E-state index in [-0.39, 0.29) is 12.2 Å². The predicted molar refractivity (Wildman–Crippen MR) is 39.2 cm³/mol. The van der Waals surface area contributed by atoms with Crippen LogP contribution in [0.25, 0.3) is 0 Å². The molecule has 1 rings (SSSR count). The quantitative estimate of drug-likeness (QED) is 0.610. The first-order chi connectivity index (χ1) is 5.59. The summed E-state index contributed by atoms with van der Waals surface area (Å²) < 4.78 is 0. The van der Waals surface area contributed by atoms with Gasteiger partial charge >= 0.3 is 0 Å². The SMILES string of the molecule is CC(O)C(=O)Cc1nnn(C)n1. The van der Waals surface area contributed by atoms with Crippen molar-refractivity contribution in [2.24, 2.45) is 7.05 Å². The molecule has 0 spiro atoms. The van der Waals surface area contributed by atoms with Crippen molar-refractivity contribution in [1.29, 1.82) is 0 Å². The van der Waals surface area contributed by atoms with Crippen LogP contribution in [0.1, 0.15) is 12.7 Å². The monoisotopic (exact) mass is 170 g/mol. The van der Waals surface area contributed by atoms with Crippen LogP contribution in [-0.2, 0) is 18.3 Å². The molecule has 0 fully saturated rings. The maximum atomic E-state index is 11.0. The Labute approximate surface area is 69.2 Å². The largest absolute Gasteiger partial charge is 0.386 e. The molecule has 0 aromatic carbocycles. The van der Waals surface area contributed by atoms with Gasteiger partial charge in [0.25, 0.3) is 0 Å². The number of hydrogen-bond donors (Lipinski definition) is 1. The molecule has 0 aliphatic rings. The van der Waals surface area contributed by atoms with Gasteiger partial charge in [-0.3, -0.25) is 4.79 Å². The van der Waals surface area contributed by atoms with Crippen LogP contribution in [0.2, 0.25) is 0 Å². The van der Waals surface area contributed by atoms with Crippen LogP contribution >= 0.6 is 0 Å². The van der Waals surface area contributed by atoms with Crippen LogP contribution in [-0.4, -0.2) is 37.2 Å². The van der Waals surface area contributed by atoms with Crippen molar-refractivity contribution in [2.45, 2.75) is 19.4 Å². The van der Waals surface area contributed by atoms with Gasteiger partial charge in [0.05, 0.1) is 13.5 Å². The van der Waals surface area contributed by atoms with E-state index in [9.17, 15) is 4.79 Å². The molecule has 12 heavy (non-hydrogen) atoms. The van der Waals surface area contributed by atoms with Crippen molar-refractivity contribution in [3.63, 3.8) is 0 Å². The van der Waals surface area contributed by atoms with Crippen LogP contribution in [0.4, 0.5) is 0 Å². The second-order valence-corrected chi connectivity index (χ2v) is 2.51. The van der Waals surface area contributed by atoms with Crippen molar-refractivity contribution in [3.8, 4) is 0 Å². The minimum absolute atomic E-state index is 0.0332. The summed E-state index contributed by atoms with van der Waals surface area (Å²) in [7, 11) is 1.61. The summed E-state index contributed by atoms with van der Waals surface area (Å²) >= 11 is 0. The zero-order chi connectivity index (χ0) is 9.14. The van der Waals surface area contributed by atoms with Crippen LogP contribution in [0.3, 0.4) is 0 Å². The molecule has 0 aliphatic carbocycles. The Morgan fingerprint density at radius 1 is 1.75 bits per heavy atom. The summed E-state index contributed by atoms with van der Waals surface area (Å²) in [5, 5.41) is 19.8. The first-order valence-corrected chi connectivity index (χ1v) is 3.53. The summed E-state index contributed by atoms with van der Waals surface area (Å²) in [4.78, 5) is 12.2. The van der Waals surface area contributed by atoms with Gasteiger partial charge in [-0.05, 0) is 12.1 Å². The van der Waals surface area contributed by atoms with Crippen LogP contribution in [0.15, 0.2) is 0 Å². The molecule has 6 nitrogen and oxygen atoms in total. The van der Waals surface area contributed by atoms with E-state index >= 15 is 0 Å². The van der Waals surface area contributed by atoms with Gasteiger partial charge in [-0.25, -0.2) is 0 Å². The van der Waals surface area contributed by atoms with E-state index < -0.39 is 6.10 Å². The lowest BCUT2D eigenvalue weighted by molar-refractivity contribution is -0.125. The molecule has 6 heteroatoms. The van der Waals surface area contributed by atoms with Crippen molar-refractivity contribution in [2.75, 3.05) is 0 Å². The number of Topliss-reactive ketones (excluding diaryl/α,β-unsaturated/α-hetero) is 1. The second kappa shape index (κ2) is 3.40. The normalized spacial score (nSPS) is 12.9. The first kappa shape index (κ1) is 8.79. The lowest BCUT2D eigenvalue weighted by Crippen LogP contribution is -2.19. The molecule has 0 saturated carbocycles. The van der Waals surface area contributed by atoms with Gasteiger partial charge < -0.3 is 5.11 Å². The smallest absolute Gasteiger partial charge is 0.182 e. The Kier molecular flexibility index (Phi) is 2.49. The number of tetrazole rings is 1. The second-order valence-electron chi connectivity index (χ2n) is 2.51. The fourth-order valence-electron chi connectivity index (χ4n) is 0.698. The number of carbonyl (C=O) groups excluding carboxylic acids is 1. The van der Waals surface area contributed by atoms with E-state index in [1.807, 2.05) is 0 Å². The number of aryl methyl sites for hydroxylation is 1. The molecular weight excluding hydrogens is 160 g/mol. The number of ketones is 1. The molecule has 66 valence electrons. The highest BCUT2D eigenvalue weighted by atomic mass is 16.3. The fraction of sp³-hybridized carbons (Fsp3) is 0.667. The maximum absolute atomic E-state index is 11.0. The molecule has 0 bridgehead atoms. The Morgan fingerprint density at radius 3 is 2.83 bits per heavy atom. The van der Waals surface area contributed by atoms with Gasteiger partial charge in [0.2, 0.25) is 0 Å². The molecule has 1 aromatic rings. The molecular formula is C6H10N4O2. The zero-order valence-electron chi connectivity index (χ0n) is 6.93. The van der Waals surface area contributed by atoms with E-state index in [4.69, 9.17) is 5.11 Å². The van der Waals surface area contributed by atoms with Gasteiger partial charge in [-0.2, -0.15) is 4.80 Å². The highest BCUT2D eigenvalue weighted by Crippen LogP contribution is 1.92. The highest BCUT2D eigenvalue weighted by Gasteiger charge is 2.12. The predicted octanol–water partition coefficient (Wildman–Crippen LogP) is -1.30. The standard InChI is InChI=1S/C6H10N4O2/c1-4(11)5(12)3-6-7-9-10(2)8-6/h4,11H,3H2,1-2H3. The maximum Gasteiger partial charge on any atom is 0.182 e. The number of carbonyl (C=O) groups is 1. The molecule has 0 amide bonds. The summed E-state index contributed by atoms with van der Waals surface area (Å²) in [5.74, 6) is 0.0337. The molecule has 1 N–H and O–H groups in total. The molecule has 0 aliphatic heterocycles. The molecule has 0 saturated heterocycles. The number of aliphatic hydroxyl groups is 1. The van der Waals surface area contributed by atoms with E-state index in [1.54, 1.807) is 7.05 Å². The average molecular weight is 170 g/mol. The van der Waals surface area contributed by atoms with Gasteiger partial charge in [0.1, 0.15) is 6.10 Å². The molecule has 1 unspecified atom stereocenters. The van der Waals surface area contributed by atoms with Crippen molar-refractivity contribution in [3.05, 3.63) is 5.82 Å². The van der Waals surface area contributed by atoms with Gasteiger partial charge in [-0.15, -0.1) is 10.2 Å². The molecule has 1 heterocycles. The highest BCUT2D eigenvalue weighted by molar-refractivity contribution is 5.83. The van der Waals surface area contributed by atoms with E-state index in [2.05, 4.69) is 15.4 Å². The Bertz CT molecular complexity index is 281. The first-order valence-electron chi connectivity index (χ1n) is 3.53. The summed E-state index contributed by atoms with van der Waals surface area (Å²) in [6.07, 6.45) is -0.931. The fourth-order valence-corrected chi connectivity index (χ4v) is 0.698. The van der Waals surface area contributed by atoms with Crippen LogP contribution in [0, 0.1) is 0 Å². The molecule has 1 aromatic heterocycles. The van der Waals surface area contributed by atoms with Gasteiger partial charge in [-0.1, -0.05) is 0 Å². The zero-order valence-corrected chi connectivity index (χ0v) is 6.93. The third-order valence-electron chi connectivity index (χ3n) is 1.35. The van der Waals surface area contributed by atoms with E-state index in [0.717, 1.165) is 0 Å². The van der Waals surface area contributed by atoms with Gasteiger partial charge in [0.15, 0.2) is 11.6 Å². The number of aliphatic hydroxyl groups excluding tert-OH is 1. The number of aromatic nitrogens is 4. The van der Waals surface area contributed by atoms with Crippen molar-refractivity contribution in [1.82, 2.24) is 20.2 Å². The number of nitrogens with zero attached hydrogens (tertiary/aromatic N) is 4. The molecule has 0 radical (unpaired) electrons. The third-order valence-corrected chi connectivity index (χ3v) is 1.35. The Morgan fingerprint density at radius 2 is 2.42 bits per heavy atom. The third kappa shape index (κ3) is 2.09. The minimum Gasteiger partial charge on any atom is -0.386 e. The Balaban J connectivity index is 2.58. The van der Waals surface area contributed by atoms with Crippen molar-refractivity contribution >= 4 is 5.78 Å². The van der Waals surface area contributed by atoms with Crippen LogP contribution in [0.5, 0.6) is 0 Å².